The third-order valence-electron chi connectivity index (χ3n) is 3.34. The number of anilines is 1. The van der Waals surface area contributed by atoms with E-state index in [9.17, 15) is 19.7 Å². The number of ether oxygens (including phenoxy) is 3. The molecule has 1 aliphatic rings. The summed E-state index contributed by atoms with van der Waals surface area (Å²) in [7, 11) is 2.30. The fourth-order valence-electron chi connectivity index (χ4n) is 2.21. The van der Waals surface area contributed by atoms with E-state index in [0.717, 1.165) is 14.2 Å². The molecule has 11 heteroatoms. The molecular weight excluding hydrogens is 424 g/mol. The number of hydrogen-bond acceptors (Lipinski definition) is 8. The number of rotatable bonds is 4. The number of nitro groups is 1. The largest absolute Gasteiger partial charge is 0.466 e. The molecular formula is C14H12BrClN2O7. The fourth-order valence-corrected chi connectivity index (χ4v) is 3.09. The first-order chi connectivity index (χ1) is 11.8. The topological polar surface area (TPSA) is 108 Å². The Morgan fingerprint density at radius 1 is 1.32 bits per heavy atom. The minimum atomic E-state index is -0.828. The van der Waals surface area contributed by atoms with E-state index >= 15 is 0 Å². The summed E-state index contributed by atoms with van der Waals surface area (Å²) in [5, 5.41) is 11.3. The highest BCUT2D eigenvalue weighted by Gasteiger charge is 2.34. The third kappa shape index (κ3) is 3.75. The summed E-state index contributed by atoms with van der Waals surface area (Å²) in [6.07, 6.45) is 0. The standard InChI is InChI=1S/C14H12BrClN2O7/c1-23-13(19)7-5-25-6-17(12(7)14(20)24-2)11-4-10(18(21)22)8(15)3-9(11)16/h3-4H,5-6H2,1-2H3. The van der Waals surface area contributed by atoms with E-state index in [4.69, 9.17) is 21.1 Å². The van der Waals surface area contributed by atoms with Crippen LogP contribution >= 0.6 is 27.5 Å². The van der Waals surface area contributed by atoms with E-state index in [0.29, 0.717) is 0 Å². The number of esters is 2. The van der Waals surface area contributed by atoms with Crippen molar-refractivity contribution in [3.8, 4) is 0 Å². The van der Waals surface area contributed by atoms with E-state index in [1.807, 2.05) is 0 Å². The molecule has 0 aliphatic carbocycles. The second kappa shape index (κ2) is 7.81. The lowest BCUT2D eigenvalue weighted by Gasteiger charge is -2.31. The van der Waals surface area contributed by atoms with E-state index in [-0.39, 0.29) is 45.5 Å². The Labute approximate surface area is 155 Å². The molecule has 0 fully saturated rings. The Morgan fingerprint density at radius 3 is 2.52 bits per heavy atom. The predicted molar refractivity (Wildman–Crippen MR) is 90.2 cm³/mol. The van der Waals surface area contributed by atoms with Gasteiger partial charge < -0.3 is 19.1 Å². The van der Waals surface area contributed by atoms with Gasteiger partial charge in [-0.2, -0.15) is 0 Å². The second-order valence-corrected chi connectivity index (χ2v) is 5.99. The lowest BCUT2D eigenvalue weighted by Crippen LogP contribution is -2.39. The number of halogens is 2. The molecule has 0 saturated heterocycles. The van der Waals surface area contributed by atoms with Crippen molar-refractivity contribution in [1.82, 2.24) is 0 Å². The Bertz CT molecular complexity index is 781. The average Bonchev–Trinajstić information content (AvgIpc) is 2.59. The average molecular weight is 436 g/mol. The summed E-state index contributed by atoms with van der Waals surface area (Å²) in [5.41, 5.74) is -0.395. The van der Waals surface area contributed by atoms with Crippen molar-refractivity contribution in [3.63, 3.8) is 0 Å². The minimum Gasteiger partial charge on any atom is -0.466 e. The number of benzene rings is 1. The lowest BCUT2D eigenvalue weighted by atomic mass is 10.1. The van der Waals surface area contributed by atoms with Crippen LogP contribution in [-0.4, -0.2) is 44.4 Å². The first-order valence-electron chi connectivity index (χ1n) is 6.70. The molecule has 0 radical (unpaired) electrons. The Kier molecular flexibility index (Phi) is 5.98. The van der Waals surface area contributed by atoms with Gasteiger partial charge in [-0.25, -0.2) is 9.59 Å². The molecule has 1 aliphatic heterocycles. The second-order valence-electron chi connectivity index (χ2n) is 4.73. The van der Waals surface area contributed by atoms with Crippen LogP contribution < -0.4 is 4.90 Å². The SMILES string of the molecule is COC(=O)C1=C(C(=O)OC)N(c2cc([N+](=O)[O-])c(Br)cc2Cl)COC1. The summed E-state index contributed by atoms with van der Waals surface area (Å²) in [6.45, 7) is -0.340. The van der Waals surface area contributed by atoms with Crippen LogP contribution in [0.3, 0.4) is 0 Å². The number of carbonyl (C=O) groups is 2. The number of methoxy groups -OCH3 is 2. The van der Waals surface area contributed by atoms with Crippen molar-refractivity contribution in [1.29, 1.82) is 0 Å². The summed E-state index contributed by atoms with van der Waals surface area (Å²) < 4.78 is 14.8. The van der Waals surface area contributed by atoms with Crippen molar-refractivity contribution < 1.29 is 28.7 Å². The van der Waals surface area contributed by atoms with Gasteiger partial charge in [0.15, 0.2) is 0 Å². The molecule has 1 aromatic carbocycles. The summed E-state index contributed by atoms with van der Waals surface area (Å²) in [4.78, 5) is 35.9. The van der Waals surface area contributed by atoms with Gasteiger partial charge >= 0.3 is 11.9 Å². The minimum absolute atomic E-state index is 0.0813. The summed E-state index contributed by atoms with van der Waals surface area (Å²) in [6, 6.07) is 2.48. The first kappa shape index (κ1) is 19.2. The quantitative estimate of drug-likeness (QED) is 0.403. The van der Waals surface area contributed by atoms with Gasteiger partial charge in [0.05, 0.1) is 46.5 Å². The number of nitrogens with zero attached hydrogens (tertiary/aromatic N) is 2. The van der Waals surface area contributed by atoms with Gasteiger partial charge in [-0.3, -0.25) is 10.1 Å². The van der Waals surface area contributed by atoms with Crippen LogP contribution in [0.1, 0.15) is 0 Å². The molecule has 0 atom stereocenters. The number of nitro benzene ring substituents is 1. The zero-order valence-corrected chi connectivity index (χ0v) is 15.4. The number of carbonyl (C=O) groups excluding carboxylic acids is 2. The maximum atomic E-state index is 12.2. The maximum Gasteiger partial charge on any atom is 0.355 e. The Morgan fingerprint density at radius 2 is 1.96 bits per heavy atom. The zero-order chi connectivity index (χ0) is 18.7. The molecule has 0 amide bonds. The molecule has 134 valence electrons. The molecule has 0 saturated carbocycles. The lowest BCUT2D eigenvalue weighted by molar-refractivity contribution is -0.385. The van der Waals surface area contributed by atoms with Gasteiger partial charge in [0.25, 0.3) is 5.69 Å². The van der Waals surface area contributed by atoms with E-state index in [2.05, 4.69) is 20.7 Å². The van der Waals surface area contributed by atoms with Crippen molar-refractivity contribution >= 4 is 50.8 Å². The summed E-state index contributed by atoms with van der Waals surface area (Å²) >= 11 is 9.23. The maximum absolute atomic E-state index is 12.2. The van der Waals surface area contributed by atoms with Gasteiger partial charge in [0.1, 0.15) is 12.4 Å². The molecule has 0 aromatic heterocycles. The van der Waals surface area contributed by atoms with Crippen molar-refractivity contribution in [2.24, 2.45) is 0 Å². The van der Waals surface area contributed by atoms with Crippen LogP contribution in [-0.2, 0) is 23.8 Å². The summed E-state index contributed by atoms with van der Waals surface area (Å²) in [5.74, 6) is -1.61. The molecule has 25 heavy (non-hydrogen) atoms. The van der Waals surface area contributed by atoms with Crippen molar-refractivity contribution in [2.45, 2.75) is 0 Å². The smallest absolute Gasteiger partial charge is 0.355 e. The first-order valence-corrected chi connectivity index (χ1v) is 7.87. The molecule has 0 unspecified atom stereocenters. The molecule has 0 spiro atoms. The van der Waals surface area contributed by atoms with Crippen LogP contribution in [0.15, 0.2) is 27.9 Å². The van der Waals surface area contributed by atoms with E-state index in [1.54, 1.807) is 0 Å². The monoisotopic (exact) mass is 434 g/mol. The molecule has 1 heterocycles. The molecule has 2 rings (SSSR count). The fraction of sp³-hybridized carbons (Fsp3) is 0.286. The highest BCUT2D eigenvalue weighted by molar-refractivity contribution is 9.10. The zero-order valence-electron chi connectivity index (χ0n) is 13.1. The predicted octanol–water partition coefficient (Wildman–Crippen LogP) is 2.40. The normalized spacial score (nSPS) is 14.3. The van der Waals surface area contributed by atoms with Crippen LogP contribution in [0.2, 0.25) is 5.02 Å². The van der Waals surface area contributed by atoms with Crippen LogP contribution in [0, 0.1) is 10.1 Å². The van der Waals surface area contributed by atoms with Crippen LogP contribution in [0.25, 0.3) is 0 Å². The van der Waals surface area contributed by atoms with E-state index < -0.39 is 16.9 Å². The Hall–Kier alpha value is -2.17. The Balaban J connectivity index is 2.67. The van der Waals surface area contributed by atoms with E-state index in [1.165, 1.54) is 17.0 Å². The highest BCUT2D eigenvalue weighted by Crippen LogP contribution is 2.39. The molecule has 0 N–H and O–H groups in total. The van der Waals surface area contributed by atoms with Crippen LogP contribution in [0.5, 0.6) is 0 Å². The molecule has 0 bridgehead atoms. The van der Waals surface area contributed by atoms with Gasteiger partial charge in [0, 0.05) is 6.07 Å². The third-order valence-corrected chi connectivity index (χ3v) is 4.27. The van der Waals surface area contributed by atoms with Gasteiger partial charge in [0.2, 0.25) is 0 Å². The van der Waals surface area contributed by atoms with Crippen molar-refractivity contribution in [2.75, 3.05) is 32.5 Å². The highest BCUT2D eigenvalue weighted by atomic mass is 79.9. The molecule has 1 aromatic rings. The van der Waals surface area contributed by atoms with Gasteiger partial charge in [-0.15, -0.1) is 0 Å². The van der Waals surface area contributed by atoms with Gasteiger partial charge in [-0.05, 0) is 22.0 Å². The van der Waals surface area contributed by atoms with Gasteiger partial charge in [-0.1, -0.05) is 11.6 Å². The van der Waals surface area contributed by atoms with Crippen LogP contribution in [0.4, 0.5) is 11.4 Å². The number of hydrogen-bond donors (Lipinski definition) is 0. The molecule has 9 nitrogen and oxygen atoms in total. The van der Waals surface area contributed by atoms with Crippen molar-refractivity contribution in [3.05, 3.63) is 43.0 Å².